The molecule has 0 radical (unpaired) electrons. The Morgan fingerprint density at radius 1 is 1.26 bits per heavy atom. The molecular weight excluding hydrogens is 314 g/mol. The van der Waals surface area contributed by atoms with Crippen LogP contribution in [-0.2, 0) is 4.79 Å². The van der Waals surface area contributed by atoms with Crippen molar-refractivity contribution in [3.63, 3.8) is 0 Å². The molecule has 2 aromatic rings. The second kappa shape index (κ2) is 6.22. The summed E-state index contributed by atoms with van der Waals surface area (Å²) in [6.45, 7) is 2.47. The van der Waals surface area contributed by atoms with E-state index in [1.807, 2.05) is 31.2 Å². The molecule has 0 saturated heterocycles. The highest BCUT2D eigenvalue weighted by Gasteiger charge is 2.32. The van der Waals surface area contributed by atoms with Crippen LogP contribution in [-0.4, -0.2) is 29.5 Å². The first-order valence-electron chi connectivity index (χ1n) is 7.12. The predicted octanol–water partition coefficient (Wildman–Crippen LogP) is 3.24. The summed E-state index contributed by atoms with van der Waals surface area (Å²) in [4.78, 5) is 14.1. The zero-order valence-electron chi connectivity index (χ0n) is 12.4. The van der Waals surface area contributed by atoms with E-state index in [-0.39, 0.29) is 11.7 Å². The molecule has 1 aliphatic rings. The average Bonchev–Trinajstić information content (AvgIpc) is 2.82. The molecule has 0 spiro atoms. The molecule has 1 amide bonds. The second-order valence-electron chi connectivity index (χ2n) is 4.96. The summed E-state index contributed by atoms with van der Waals surface area (Å²) >= 11 is 5.88. The number of benzene rings is 2. The normalized spacial score (nSPS) is 15.7. The number of phenolic OH excluding ortho intramolecular Hbond substituents is 1. The minimum Gasteiger partial charge on any atom is -0.507 e. The Kier molecular flexibility index (Phi) is 4.12. The van der Waals surface area contributed by atoms with Crippen molar-refractivity contribution in [3.05, 3.63) is 58.6 Å². The highest BCUT2D eigenvalue weighted by molar-refractivity contribution is 6.54. The van der Waals surface area contributed by atoms with Gasteiger partial charge in [-0.05, 0) is 31.2 Å². The van der Waals surface area contributed by atoms with Gasteiger partial charge >= 0.3 is 0 Å². The van der Waals surface area contributed by atoms with Crippen LogP contribution < -0.4 is 4.90 Å². The smallest absolute Gasteiger partial charge is 0.279 e. The van der Waals surface area contributed by atoms with Crippen molar-refractivity contribution in [2.75, 3.05) is 11.4 Å². The third-order valence-electron chi connectivity index (χ3n) is 3.56. The molecule has 0 aliphatic carbocycles. The third-order valence-corrected chi connectivity index (χ3v) is 3.79. The minimum absolute atomic E-state index is 0.0479. The molecule has 6 heteroatoms. The van der Waals surface area contributed by atoms with Crippen LogP contribution in [0.1, 0.15) is 18.1 Å². The van der Waals surface area contributed by atoms with Crippen LogP contribution in [0, 0.1) is 0 Å². The molecule has 0 aromatic heterocycles. The fourth-order valence-electron chi connectivity index (χ4n) is 2.45. The van der Waals surface area contributed by atoms with E-state index in [4.69, 9.17) is 11.6 Å². The summed E-state index contributed by atoms with van der Waals surface area (Å²) < 4.78 is 0. The SMILES string of the molecule is CCN1C(=O)/C(=N/N=C/c2cc(Cl)ccc2O)c2ccccc21. The van der Waals surface area contributed by atoms with Gasteiger partial charge in [-0.25, -0.2) is 0 Å². The number of aromatic hydroxyl groups is 1. The lowest BCUT2D eigenvalue weighted by Crippen LogP contribution is -2.29. The molecule has 5 nitrogen and oxygen atoms in total. The maximum atomic E-state index is 12.4. The average molecular weight is 328 g/mol. The van der Waals surface area contributed by atoms with Crippen molar-refractivity contribution >= 4 is 35.1 Å². The van der Waals surface area contributed by atoms with Crippen LogP contribution in [0.2, 0.25) is 5.02 Å². The number of amides is 1. The quantitative estimate of drug-likeness (QED) is 0.694. The number of carbonyl (C=O) groups is 1. The van der Waals surface area contributed by atoms with Gasteiger partial charge in [-0.1, -0.05) is 29.8 Å². The molecule has 3 rings (SSSR count). The zero-order valence-corrected chi connectivity index (χ0v) is 13.2. The van der Waals surface area contributed by atoms with E-state index in [9.17, 15) is 9.90 Å². The maximum Gasteiger partial charge on any atom is 0.279 e. The Bertz CT molecular complexity index is 830. The first kappa shape index (κ1) is 15.2. The van der Waals surface area contributed by atoms with Crippen molar-refractivity contribution in [2.45, 2.75) is 6.92 Å². The van der Waals surface area contributed by atoms with Gasteiger partial charge < -0.3 is 10.0 Å². The second-order valence-corrected chi connectivity index (χ2v) is 5.40. The number of carbonyl (C=O) groups excluding carboxylic acids is 1. The largest absolute Gasteiger partial charge is 0.507 e. The number of halogens is 1. The summed E-state index contributed by atoms with van der Waals surface area (Å²) in [5, 5.41) is 18.2. The molecule has 1 aliphatic heterocycles. The summed E-state index contributed by atoms with van der Waals surface area (Å²) in [6.07, 6.45) is 1.37. The molecule has 116 valence electrons. The van der Waals surface area contributed by atoms with Gasteiger partial charge in [0.2, 0.25) is 0 Å². The Labute approximate surface area is 138 Å². The van der Waals surface area contributed by atoms with Crippen molar-refractivity contribution < 1.29 is 9.90 Å². The van der Waals surface area contributed by atoms with E-state index < -0.39 is 0 Å². The van der Waals surface area contributed by atoms with Gasteiger partial charge in [-0.2, -0.15) is 5.10 Å². The lowest BCUT2D eigenvalue weighted by atomic mass is 10.1. The first-order valence-corrected chi connectivity index (χ1v) is 7.50. The first-order chi connectivity index (χ1) is 11.1. The number of para-hydroxylation sites is 1. The van der Waals surface area contributed by atoms with Gasteiger partial charge in [-0.3, -0.25) is 4.79 Å². The molecule has 0 unspecified atom stereocenters. The highest BCUT2D eigenvalue weighted by atomic mass is 35.5. The van der Waals surface area contributed by atoms with E-state index in [0.29, 0.717) is 22.8 Å². The molecular formula is C17H14ClN3O2. The van der Waals surface area contributed by atoms with Crippen LogP contribution in [0.3, 0.4) is 0 Å². The predicted molar refractivity (Wildman–Crippen MR) is 91.7 cm³/mol. The van der Waals surface area contributed by atoms with Gasteiger partial charge in [-0.15, -0.1) is 5.10 Å². The number of likely N-dealkylation sites (N-methyl/N-ethyl adjacent to an activating group) is 1. The van der Waals surface area contributed by atoms with Crippen LogP contribution >= 0.6 is 11.6 Å². The van der Waals surface area contributed by atoms with Crippen molar-refractivity contribution in [3.8, 4) is 5.75 Å². The maximum absolute atomic E-state index is 12.4. The molecule has 0 saturated carbocycles. The van der Waals surface area contributed by atoms with Crippen LogP contribution in [0.15, 0.2) is 52.7 Å². The van der Waals surface area contributed by atoms with Gasteiger partial charge in [0.05, 0.1) is 11.9 Å². The molecule has 2 aromatic carbocycles. The van der Waals surface area contributed by atoms with Gasteiger partial charge in [0, 0.05) is 22.7 Å². The van der Waals surface area contributed by atoms with Crippen molar-refractivity contribution in [2.24, 2.45) is 10.2 Å². The lowest BCUT2D eigenvalue weighted by Gasteiger charge is -2.12. The molecule has 1 heterocycles. The Morgan fingerprint density at radius 3 is 2.83 bits per heavy atom. The number of rotatable bonds is 3. The third kappa shape index (κ3) is 2.83. The van der Waals surface area contributed by atoms with Crippen LogP contribution in [0.25, 0.3) is 0 Å². The Morgan fingerprint density at radius 2 is 2.04 bits per heavy atom. The van der Waals surface area contributed by atoms with Crippen LogP contribution in [0.5, 0.6) is 5.75 Å². The topological polar surface area (TPSA) is 65.3 Å². The Hall–Kier alpha value is -2.66. The highest BCUT2D eigenvalue weighted by Crippen LogP contribution is 2.28. The zero-order chi connectivity index (χ0) is 16.4. The lowest BCUT2D eigenvalue weighted by molar-refractivity contribution is -0.112. The van der Waals surface area contributed by atoms with E-state index in [2.05, 4.69) is 10.2 Å². The monoisotopic (exact) mass is 327 g/mol. The summed E-state index contributed by atoms with van der Waals surface area (Å²) in [5.41, 5.74) is 2.32. The van der Waals surface area contributed by atoms with E-state index >= 15 is 0 Å². The fraction of sp³-hybridized carbons (Fsp3) is 0.118. The van der Waals surface area contributed by atoms with Gasteiger partial charge in [0.25, 0.3) is 5.91 Å². The number of anilines is 1. The van der Waals surface area contributed by atoms with E-state index in [1.54, 1.807) is 17.0 Å². The molecule has 1 N–H and O–H groups in total. The summed E-state index contributed by atoms with van der Waals surface area (Å²) in [7, 11) is 0. The van der Waals surface area contributed by atoms with Crippen molar-refractivity contribution in [1.29, 1.82) is 0 Å². The van der Waals surface area contributed by atoms with Gasteiger partial charge in [0.15, 0.2) is 5.71 Å². The van der Waals surface area contributed by atoms with E-state index in [1.165, 1.54) is 12.3 Å². The number of fused-ring (bicyclic) bond motifs is 1. The van der Waals surface area contributed by atoms with Gasteiger partial charge in [0.1, 0.15) is 5.75 Å². The molecule has 0 bridgehead atoms. The van der Waals surface area contributed by atoms with Crippen molar-refractivity contribution in [1.82, 2.24) is 0 Å². The number of hydrogen-bond acceptors (Lipinski definition) is 4. The molecule has 0 atom stereocenters. The number of phenols is 1. The molecule has 23 heavy (non-hydrogen) atoms. The number of nitrogens with zero attached hydrogens (tertiary/aromatic N) is 3. The molecule has 0 fully saturated rings. The fourth-order valence-corrected chi connectivity index (χ4v) is 2.63. The summed E-state index contributed by atoms with van der Waals surface area (Å²) in [6, 6.07) is 12.1. The number of hydrogen-bond donors (Lipinski definition) is 1. The minimum atomic E-state index is -0.179. The standard InChI is InChI=1S/C17H14ClN3O2/c1-2-21-14-6-4-3-5-13(14)16(17(21)23)20-19-10-11-9-12(18)7-8-15(11)22/h3-10,22H,2H2,1H3/b19-10+,20-16+. The van der Waals surface area contributed by atoms with Crippen LogP contribution in [0.4, 0.5) is 5.69 Å². The van der Waals surface area contributed by atoms with E-state index in [0.717, 1.165) is 11.3 Å². The summed E-state index contributed by atoms with van der Waals surface area (Å²) in [5.74, 6) is -0.132. The Balaban J connectivity index is 1.95.